The fraction of sp³-hybridized carbons (Fsp3) is 0.538. The van der Waals surface area contributed by atoms with Crippen molar-refractivity contribution in [1.29, 1.82) is 0 Å². The third kappa shape index (κ3) is 2.54. The lowest BCUT2D eigenvalue weighted by molar-refractivity contribution is -0.112. The van der Waals surface area contributed by atoms with E-state index in [1.807, 2.05) is 0 Å². The van der Waals surface area contributed by atoms with Crippen molar-refractivity contribution >= 4 is 0 Å². The first-order chi connectivity index (χ1) is 9.55. The smallest absolute Gasteiger partial charge is 0.194 e. The molecule has 0 aliphatic carbocycles. The zero-order valence-electron chi connectivity index (χ0n) is 11.1. The average Bonchev–Trinajstić information content (AvgIpc) is 2.49. The van der Waals surface area contributed by atoms with Crippen LogP contribution in [0.4, 0.5) is 13.2 Å². The van der Waals surface area contributed by atoms with Gasteiger partial charge in [0.15, 0.2) is 17.5 Å². The molecule has 1 aromatic carbocycles. The molecule has 0 spiro atoms. The highest BCUT2D eigenvalue weighted by atomic mass is 19.2. The van der Waals surface area contributed by atoms with Crippen molar-refractivity contribution in [2.45, 2.75) is 24.5 Å². The van der Waals surface area contributed by atoms with Crippen LogP contribution >= 0.6 is 0 Å². The number of ether oxygens (including phenoxy) is 2. The van der Waals surface area contributed by atoms with Crippen LogP contribution in [0, 0.1) is 17.5 Å². The number of hydrogen-bond acceptors (Lipinski definition) is 4. The van der Waals surface area contributed by atoms with Gasteiger partial charge >= 0.3 is 0 Å². The number of methoxy groups -OCH3 is 1. The summed E-state index contributed by atoms with van der Waals surface area (Å²) in [6.07, 6.45) is 0.938. The van der Waals surface area contributed by atoms with Crippen LogP contribution in [0.5, 0.6) is 0 Å². The third-order valence-electron chi connectivity index (χ3n) is 3.81. The fourth-order valence-corrected chi connectivity index (χ4v) is 2.62. The molecule has 0 saturated carbocycles. The van der Waals surface area contributed by atoms with E-state index >= 15 is 0 Å². The van der Waals surface area contributed by atoms with Crippen LogP contribution in [0.25, 0.3) is 0 Å². The summed E-state index contributed by atoms with van der Waals surface area (Å²) in [6, 6.07) is 1.25. The van der Waals surface area contributed by atoms with Gasteiger partial charge in [0.2, 0.25) is 0 Å². The Morgan fingerprint density at radius 3 is 2.45 bits per heavy atom. The van der Waals surface area contributed by atoms with Crippen molar-refractivity contribution in [2.75, 3.05) is 20.3 Å². The van der Waals surface area contributed by atoms with Gasteiger partial charge in [-0.15, -0.1) is 0 Å². The molecule has 1 aromatic rings. The van der Waals surface area contributed by atoms with Gasteiger partial charge in [0.25, 0.3) is 0 Å². The van der Waals surface area contributed by atoms with E-state index in [0.29, 0.717) is 26.1 Å². The maximum atomic E-state index is 14.0. The molecular weight excluding hydrogens is 273 g/mol. The lowest BCUT2D eigenvalue weighted by atomic mass is 9.82. The minimum absolute atomic E-state index is 0.0600. The number of rotatable bonds is 4. The molecule has 7 heteroatoms. The van der Waals surface area contributed by atoms with Crippen LogP contribution in [0.1, 0.15) is 24.4 Å². The Morgan fingerprint density at radius 2 is 1.90 bits per heavy atom. The highest BCUT2D eigenvalue weighted by molar-refractivity contribution is 5.26. The molecule has 20 heavy (non-hydrogen) atoms. The molecule has 1 atom stereocenters. The highest BCUT2D eigenvalue weighted by Crippen LogP contribution is 2.38. The van der Waals surface area contributed by atoms with Crippen molar-refractivity contribution in [1.82, 2.24) is 5.43 Å². The summed E-state index contributed by atoms with van der Waals surface area (Å²) in [7, 11) is 1.48. The SMILES string of the molecule is COC1(C(NN)c2ccc(F)c(F)c2F)CCOCC1. The molecule has 1 aliphatic heterocycles. The molecule has 1 heterocycles. The number of halogens is 3. The Hall–Kier alpha value is -1.15. The van der Waals surface area contributed by atoms with Crippen LogP contribution in [0.15, 0.2) is 12.1 Å². The molecule has 112 valence electrons. The van der Waals surface area contributed by atoms with Gasteiger partial charge in [-0.3, -0.25) is 5.84 Å². The molecule has 0 bridgehead atoms. The zero-order valence-corrected chi connectivity index (χ0v) is 11.1. The topological polar surface area (TPSA) is 56.5 Å². The Morgan fingerprint density at radius 1 is 1.25 bits per heavy atom. The molecule has 0 radical (unpaired) electrons. The predicted octanol–water partition coefficient (Wildman–Crippen LogP) is 1.80. The lowest BCUT2D eigenvalue weighted by Gasteiger charge is -2.42. The fourth-order valence-electron chi connectivity index (χ4n) is 2.62. The number of nitrogens with one attached hydrogen (secondary N) is 1. The lowest BCUT2D eigenvalue weighted by Crippen LogP contribution is -2.51. The summed E-state index contributed by atoms with van der Waals surface area (Å²) < 4.78 is 51.2. The Balaban J connectivity index is 2.43. The molecule has 0 amide bonds. The molecule has 1 aliphatic rings. The van der Waals surface area contributed by atoms with E-state index in [1.54, 1.807) is 0 Å². The summed E-state index contributed by atoms with van der Waals surface area (Å²) in [5, 5.41) is 0. The van der Waals surface area contributed by atoms with Gasteiger partial charge in [0.05, 0.1) is 11.6 Å². The second-order valence-electron chi connectivity index (χ2n) is 4.75. The van der Waals surface area contributed by atoms with E-state index in [-0.39, 0.29) is 5.56 Å². The molecule has 0 aromatic heterocycles. The minimum atomic E-state index is -1.51. The Kier molecular flexibility index (Phi) is 4.64. The van der Waals surface area contributed by atoms with Crippen LogP contribution in [-0.4, -0.2) is 25.9 Å². The van der Waals surface area contributed by atoms with Gasteiger partial charge in [-0.2, -0.15) is 0 Å². The van der Waals surface area contributed by atoms with Gasteiger partial charge in [-0.25, -0.2) is 18.6 Å². The Labute approximate surface area is 115 Å². The maximum absolute atomic E-state index is 14.0. The number of hydrogen-bond donors (Lipinski definition) is 2. The van der Waals surface area contributed by atoms with E-state index < -0.39 is 29.1 Å². The van der Waals surface area contributed by atoms with Gasteiger partial charge in [-0.1, -0.05) is 6.07 Å². The van der Waals surface area contributed by atoms with Crippen LogP contribution in [0.2, 0.25) is 0 Å². The van der Waals surface area contributed by atoms with Crippen LogP contribution in [-0.2, 0) is 9.47 Å². The largest absolute Gasteiger partial charge is 0.381 e. The summed E-state index contributed by atoms with van der Waals surface area (Å²) >= 11 is 0. The molecule has 1 saturated heterocycles. The number of hydrazine groups is 1. The first-order valence-corrected chi connectivity index (χ1v) is 6.28. The van der Waals surface area contributed by atoms with Crippen molar-refractivity contribution in [3.8, 4) is 0 Å². The van der Waals surface area contributed by atoms with Crippen LogP contribution in [0.3, 0.4) is 0 Å². The van der Waals surface area contributed by atoms with Gasteiger partial charge < -0.3 is 9.47 Å². The normalized spacial score (nSPS) is 19.9. The van der Waals surface area contributed by atoms with Crippen LogP contribution < -0.4 is 11.3 Å². The van der Waals surface area contributed by atoms with Crippen molar-refractivity contribution in [2.24, 2.45) is 5.84 Å². The van der Waals surface area contributed by atoms with Crippen molar-refractivity contribution < 1.29 is 22.6 Å². The van der Waals surface area contributed by atoms with Gasteiger partial charge in [0.1, 0.15) is 0 Å². The molecule has 3 N–H and O–H groups in total. The van der Waals surface area contributed by atoms with E-state index in [0.717, 1.165) is 6.07 Å². The number of benzene rings is 1. The van der Waals surface area contributed by atoms with E-state index in [9.17, 15) is 13.2 Å². The second-order valence-corrected chi connectivity index (χ2v) is 4.75. The molecule has 1 unspecified atom stereocenters. The molecule has 4 nitrogen and oxygen atoms in total. The average molecular weight is 290 g/mol. The Bertz CT molecular complexity index is 479. The van der Waals surface area contributed by atoms with Crippen molar-refractivity contribution in [3.05, 3.63) is 35.1 Å². The summed E-state index contributed by atoms with van der Waals surface area (Å²) in [4.78, 5) is 0. The van der Waals surface area contributed by atoms with E-state index in [4.69, 9.17) is 15.3 Å². The maximum Gasteiger partial charge on any atom is 0.194 e. The molecule has 2 rings (SSSR count). The molecular formula is C13H17F3N2O2. The summed E-state index contributed by atoms with van der Waals surface area (Å²) in [6.45, 7) is 0.856. The second kappa shape index (κ2) is 6.09. The zero-order chi connectivity index (χ0) is 14.8. The van der Waals surface area contributed by atoms with Gasteiger partial charge in [-0.05, 0) is 6.07 Å². The summed E-state index contributed by atoms with van der Waals surface area (Å²) in [5.74, 6) is 1.50. The van der Waals surface area contributed by atoms with E-state index in [2.05, 4.69) is 5.43 Å². The first kappa shape index (κ1) is 15.2. The number of nitrogens with two attached hydrogens (primary N) is 1. The monoisotopic (exact) mass is 290 g/mol. The minimum Gasteiger partial charge on any atom is -0.381 e. The molecule has 1 fully saturated rings. The highest BCUT2D eigenvalue weighted by Gasteiger charge is 2.42. The van der Waals surface area contributed by atoms with E-state index in [1.165, 1.54) is 13.2 Å². The first-order valence-electron chi connectivity index (χ1n) is 6.28. The van der Waals surface area contributed by atoms with Gasteiger partial charge in [0, 0.05) is 38.7 Å². The quantitative estimate of drug-likeness (QED) is 0.504. The third-order valence-corrected chi connectivity index (χ3v) is 3.81. The standard InChI is InChI=1S/C13H17F3N2O2/c1-19-13(4-6-20-7-5-13)12(18-17)8-2-3-9(14)11(16)10(8)15/h2-3,12,18H,4-7,17H2,1H3. The predicted molar refractivity (Wildman–Crippen MR) is 66.2 cm³/mol. The summed E-state index contributed by atoms with van der Waals surface area (Å²) in [5.41, 5.74) is 1.58. The van der Waals surface area contributed by atoms with Crippen molar-refractivity contribution in [3.63, 3.8) is 0 Å².